The lowest BCUT2D eigenvalue weighted by atomic mass is 9.73. The minimum atomic E-state index is -0.662. The Labute approximate surface area is 112 Å². The average Bonchev–Trinajstić information content (AvgIpc) is 2.73. The van der Waals surface area contributed by atoms with Gasteiger partial charge in [-0.2, -0.15) is 0 Å². The van der Waals surface area contributed by atoms with Gasteiger partial charge in [0.05, 0.1) is 18.3 Å². The second-order valence-electron chi connectivity index (χ2n) is 5.32. The number of methoxy groups -OCH3 is 1. The van der Waals surface area contributed by atoms with Crippen molar-refractivity contribution in [2.45, 2.75) is 37.4 Å². The van der Waals surface area contributed by atoms with Crippen LogP contribution in [0.25, 0.3) is 0 Å². The molecule has 1 saturated carbocycles. The van der Waals surface area contributed by atoms with Crippen molar-refractivity contribution in [3.63, 3.8) is 0 Å². The van der Waals surface area contributed by atoms with Gasteiger partial charge in [0.25, 0.3) is 0 Å². The van der Waals surface area contributed by atoms with E-state index in [0.29, 0.717) is 25.9 Å². The van der Waals surface area contributed by atoms with Gasteiger partial charge in [0.1, 0.15) is 5.75 Å². The Morgan fingerprint density at radius 2 is 2.28 bits per heavy atom. The van der Waals surface area contributed by atoms with Crippen molar-refractivity contribution in [2.75, 3.05) is 13.7 Å². The third kappa shape index (κ3) is 2.11. The van der Waals surface area contributed by atoms with Crippen LogP contribution < -0.4 is 4.74 Å². The van der Waals surface area contributed by atoms with Crippen LogP contribution in [-0.4, -0.2) is 30.5 Å². The number of halogens is 1. The van der Waals surface area contributed by atoms with Crippen molar-refractivity contribution in [3.05, 3.63) is 28.3 Å². The Balaban J connectivity index is 1.81. The fraction of sp³-hybridized carbons (Fsp3) is 0.571. The first-order valence-electron chi connectivity index (χ1n) is 6.29. The fourth-order valence-electron chi connectivity index (χ4n) is 2.93. The van der Waals surface area contributed by atoms with Crippen LogP contribution in [0.15, 0.2) is 12.1 Å². The minimum Gasteiger partial charge on any atom is -0.493 e. The summed E-state index contributed by atoms with van der Waals surface area (Å²) < 4.78 is 10.9. The molecule has 1 aliphatic heterocycles. The van der Waals surface area contributed by atoms with Crippen LogP contribution in [0.5, 0.6) is 5.75 Å². The summed E-state index contributed by atoms with van der Waals surface area (Å²) in [7, 11) is 1.68. The van der Waals surface area contributed by atoms with E-state index >= 15 is 0 Å². The number of benzene rings is 1. The Morgan fingerprint density at radius 3 is 3.00 bits per heavy atom. The molecule has 18 heavy (non-hydrogen) atoms. The Hall–Kier alpha value is -0.770. The Bertz CT molecular complexity index is 466. The molecule has 98 valence electrons. The van der Waals surface area contributed by atoms with Crippen molar-refractivity contribution in [1.82, 2.24) is 0 Å². The molecule has 0 amide bonds. The molecule has 4 heteroatoms. The van der Waals surface area contributed by atoms with Crippen LogP contribution in [0.4, 0.5) is 0 Å². The molecular weight excluding hydrogens is 252 g/mol. The first-order chi connectivity index (χ1) is 8.59. The van der Waals surface area contributed by atoms with E-state index in [0.717, 1.165) is 28.3 Å². The zero-order chi connectivity index (χ0) is 12.8. The van der Waals surface area contributed by atoms with Crippen LogP contribution in [0.2, 0.25) is 5.02 Å². The van der Waals surface area contributed by atoms with Crippen LogP contribution in [0.1, 0.15) is 24.0 Å². The predicted molar refractivity (Wildman–Crippen MR) is 69.3 cm³/mol. The highest BCUT2D eigenvalue weighted by atomic mass is 35.5. The minimum absolute atomic E-state index is 0.183. The highest BCUT2D eigenvalue weighted by Gasteiger charge is 2.43. The molecule has 2 aliphatic rings. The molecule has 0 radical (unpaired) electrons. The van der Waals surface area contributed by atoms with Gasteiger partial charge in [-0.05, 0) is 23.3 Å². The van der Waals surface area contributed by atoms with Gasteiger partial charge in [-0.25, -0.2) is 0 Å². The molecule has 0 aromatic heterocycles. The summed E-state index contributed by atoms with van der Waals surface area (Å²) in [6.07, 6.45) is 3.05. The zero-order valence-corrected chi connectivity index (χ0v) is 11.2. The average molecular weight is 269 g/mol. The summed E-state index contributed by atoms with van der Waals surface area (Å²) in [4.78, 5) is 0. The lowest BCUT2D eigenvalue weighted by molar-refractivity contribution is -0.126. The molecule has 1 heterocycles. The molecule has 1 fully saturated rings. The molecule has 3 nitrogen and oxygen atoms in total. The van der Waals surface area contributed by atoms with Crippen molar-refractivity contribution >= 4 is 11.6 Å². The number of hydrogen-bond acceptors (Lipinski definition) is 3. The van der Waals surface area contributed by atoms with Gasteiger partial charge < -0.3 is 14.6 Å². The van der Waals surface area contributed by atoms with E-state index in [1.165, 1.54) is 0 Å². The molecular formula is C14H17ClO3. The van der Waals surface area contributed by atoms with Crippen molar-refractivity contribution in [1.29, 1.82) is 0 Å². The summed E-state index contributed by atoms with van der Waals surface area (Å²) >= 11 is 6.11. The highest BCUT2D eigenvalue weighted by molar-refractivity contribution is 6.30. The van der Waals surface area contributed by atoms with E-state index in [1.54, 1.807) is 7.11 Å². The van der Waals surface area contributed by atoms with E-state index in [1.807, 2.05) is 12.1 Å². The predicted octanol–water partition coefficient (Wildman–Crippen LogP) is 2.36. The molecule has 1 aromatic rings. The number of fused-ring (bicyclic) bond motifs is 1. The largest absolute Gasteiger partial charge is 0.493 e. The molecule has 0 bridgehead atoms. The van der Waals surface area contributed by atoms with Crippen molar-refractivity contribution in [2.24, 2.45) is 0 Å². The van der Waals surface area contributed by atoms with Crippen LogP contribution >= 0.6 is 11.6 Å². The van der Waals surface area contributed by atoms with E-state index in [-0.39, 0.29) is 6.10 Å². The Kier molecular flexibility index (Phi) is 3.00. The van der Waals surface area contributed by atoms with Crippen LogP contribution in [0.3, 0.4) is 0 Å². The van der Waals surface area contributed by atoms with Gasteiger partial charge in [0.15, 0.2) is 0 Å². The SMILES string of the molecule is COC1CC(O)(Cc2cc(Cl)cc3c2OCC3)C1. The monoisotopic (exact) mass is 268 g/mol. The zero-order valence-electron chi connectivity index (χ0n) is 10.4. The summed E-state index contributed by atoms with van der Waals surface area (Å²) in [5, 5.41) is 11.1. The maximum atomic E-state index is 10.4. The first kappa shape index (κ1) is 12.3. The van der Waals surface area contributed by atoms with Gasteiger partial charge in [0, 0.05) is 37.8 Å². The summed E-state index contributed by atoms with van der Waals surface area (Å²) in [6, 6.07) is 3.86. The van der Waals surface area contributed by atoms with Crippen molar-refractivity contribution < 1.29 is 14.6 Å². The molecule has 1 N–H and O–H groups in total. The molecule has 0 saturated heterocycles. The number of aliphatic hydroxyl groups is 1. The number of hydrogen-bond donors (Lipinski definition) is 1. The van der Waals surface area contributed by atoms with E-state index in [9.17, 15) is 5.11 Å². The summed E-state index contributed by atoms with van der Waals surface area (Å²) in [6.45, 7) is 0.710. The third-order valence-corrected chi connectivity index (χ3v) is 4.11. The maximum absolute atomic E-state index is 10.4. The molecule has 0 atom stereocenters. The lowest BCUT2D eigenvalue weighted by Gasteiger charge is -2.43. The van der Waals surface area contributed by atoms with E-state index in [2.05, 4.69) is 0 Å². The van der Waals surface area contributed by atoms with Gasteiger partial charge in [-0.15, -0.1) is 0 Å². The molecule has 1 aliphatic carbocycles. The second kappa shape index (κ2) is 4.41. The lowest BCUT2D eigenvalue weighted by Crippen LogP contribution is -2.49. The quantitative estimate of drug-likeness (QED) is 0.915. The number of rotatable bonds is 3. The third-order valence-electron chi connectivity index (χ3n) is 3.89. The van der Waals surface area contributed by atoms with Crippen LogP contribution in [0, 0.1) is 0 Å². The molecule has 1 aromatic carbocycles. The van der Waals surface area contributed by atoms with Gasteiger partial charge in [0.2, 0.25) is 0 Å². The van der Waals surface area contributed by atoms with E-state index < -0.39 is 5.60 Å². The van der Waals surface area contributed by atoms with Gasteiger partial charge in [-0.3, -0.25) is 0 Å². The van der Waals surface area contributed by atoms with Crippen molar-refractivity contribution in [3.8, 4) is 5.75 Å². The smallest absolute Gasteiger partial charge is 0.126 e. The maximum Gasteiger partial charge on any atom is 0.126 e. The first-order valence-corrected chi connectivity index (χ1v) is 6.67. The molecule has 0 spiro atoms. The highest BCUT2D eigenvalue weighted by Crippen LogP contribution is 2.41. The molecule has 0 unspecified atom stereocenters. The summed E-state index contributed by atoms with van der Waals surface area (Å²) in [5.74, 6) is 0.925. The fourth-order valence-corrected chi connectivity index (χ4v) is 3.19. The topological polar surface area (TPSA) is 38.7 Å². The Morgan fingerprint density at radius 1 is 1.50 bits per heavy atom. The molecule has 3 rings (SSSR count). The normalized spacial score (nSPS) is 29.6. The van der Waals surface area contributed by atoms with Crippen LogP contribution in [-0.2, 0) is 17.6 Å². The second-order valence-corrected chi connectivity index (χ2v) is 5.76. The standard InChI is InChI=1S/C14H17ClO3/c1-17-12-7-14(16,8-12)6-10-5-11(15)4-9-2-3-18-13(9)10/h4-5,12,16H,2-3,6-8H2,1H3. The number of ether oxygens (including phenoxy) is 2. The van der Waals surface area contributed by atoms with Gasteiger partial charge >= 0.3 is 0 Å². The van der Waals surface area contributed by atoms with Gasteiger partial charge in [-0.1, -0.05) is 11.6 Å². The summed E-state index contributed by atoms with van der Waals surface area (Å²) in [5.41, 5.74) is 1.52. The van der Waals surface area contributed by atoms with E-state index in [4.69, 9.17) is 21.1 Å².